The first-order valence-corrected chi connectivity index (χ1v) is 8.63. The van der Waals surface area contributed by atoms with Crippen LogP contribution < -0.4 is 5.73 Å². The van der Waals surface area contributed by atoms with E-state index in [1.165, 1.54) is 7.11 Å². The molecule has 2 aliphatic rings. The third kappa shape index (κ3) is 3.43. The number of nitrogens with zero attached hydrogens (tertiary/aromatic N) is 1. The molecule has 0 bridgehead atoms. The van der Waals surface area contributed by atoms with Crippen LogP contribution in [-0.4, -0.2) is 55.9 Å². The Hall–Kier alpha value is -2.77. The van der Waals surface area contributed by atoms with Crippen LogP contribution in [0.25, 0.3) is 0 Å². The molecule has 1 aliphatic heterocycles. The second kappa shape index (κ2) is 7.46. The third-order valence-corrected chi connectivity index (χ3v) is 4.79. The molecular weight excluding hydrogens is 348 g/mol. The minimum Gasteiger partial charge on any atom is -0.463 e. The van der Waals surface area contributed by atoms with Crippen molar-refractivity contribution < 1.29 is 23.9 Å². The van der Waals surface area contributed by atoms with Gasteiger partial charge in [0, 0.05) is 30.2 Å². The van der Waals surface area contributed by atoms with E-state index >= 15 is 0 Å². The Morgan fingerprint density at radius 2 is 1.85 bits per heavy atom. The van der Waals surface area contributed by atoms with Crippen molar-refractivity contribution in [3.8, 4) is 0 Å². The summed E-state index contributed by atoms with van der Waals surface area (Å²) >= 11 is 0. The van der Waals surface area contributed by atoms with E-state index in [0.717, 1.165) is 0 Å². The Labute approximate surface area is 157 Å². The summed E-state index contributed by atoms with van der Waals surface area (Å²) in [6.07, 6.45) is 1.20. The fourth-order valence-corrected chi connectivity index (χ4v) is 3.42. The van der Waals surface area contributed by atoms with Crippen molar-refractivity contribution in [2.45, 2.75) is 25.2 Å². The van der Waals surface area contributed by atoms with Crippen LogP contribution in [-0.2, 0) is 14.3 Å². The summed E-state index contributed by atoms with van der Waals surface area (Å²) in [6, 6.07) is 6.42. The van der Waals surface area contributed by atoms with Crippen LogP contribution in [0.4, 0.5) is 0 Å². The van der Waals surface area contributed by atoms with Crippen LogP contribution in [0.15, 0.2) is 47.2 Å². The van der Waals surface area contributed by atoms with E-state index in [0.29, 0.717) is 23.3 Å². The normalized spacial score (nSPS) is 20.0. The number of fused-ring (bicyclic) bond motifs is 1. The maximum absolute atomic E-state index is 13.0. The Balaban J connectivity index is 2.06. The van der Waals surface area contributed by atoms with Gasteiger partial charge in [-0.3, -0.25) is 19.3 Å². The van der Waals surface area contributed by atoms with Gasteiger partial charge in [0.05, 0.1) is 11.6 Å². The zero-order valence-electron chi connectivity index (χ0n) is 15.5. The summed E-state index contributed by atoms with van der Waals surface area (Å²) in [7, 11) is 5.10. The fourth-order valence-electron chi connectivity index (χ4n) is 3.42. The first kappa shape index (κ1) is 19.0. The summed E-state index contributed by atoms with van der Waals surface area (Å²) in [4.78, 5) is 39.0. The molecule has 1 aromatic rings. The number of hydrogen-bond donors (Lipinski definition) is 1. The molecule has 2 N–H and O–H groups in total. The molecule has 0 saturated heterocycles. The van der Waals surface area contributed by atoms with E-state index in [1.54, 1.807) is 30.3 Å². The lowest BCUT2D eigenvalue weighted by molar-refractivity contribution is -0.118. The van der Waals surface area contributed by atoms with Gasteiger partial charge in [0.25, 0.3) is 0 Å². The molecule has 3 rings (SSSR count). The smallest absolute Gasteiger partial charge is 0.230 e. The minimum atomic E-state index is -0.985. The zero-order chi connectivity index (χ0) is 19.7. The SMILES string of the molecule is COC1OC(C(CCC(N)=O)N(C)C)=CC2=C1C(=O)c1ccccc1C2=O. The van der Waals surface area contributed by atoms with Gasteiger partial charge in [-0.1, -0.05) is 24.3 Å². The van der Waals surface area contributed by atoms with Gasteiger partial charge in [-0.25, -0.2) is 0 Å². The molecule has 7 heteroatoms. The lowest BCUT2D eigenvalue weighted by atomic mass is 9.82. The number of Topliss-reactive ketones (excluding diaryl/α,β-unsaturated/α-hetero) is 2. The van der Waals surface area contributed by atoms with Crippen LogP contribution in [0.2, 0.25) is 0 Å². The zero-order valence-corrected chi connectivity index (χ0v) is 15.5. The quantitative estimate of drug-likeness (QED) is 0.814. The van der Waals surface area contributed by atoms with Gasteiger partial charge in [0.2, 0.25) is 12.2 Å². The van der Waals surface area contributed by atoms with Gasteiger partial charge in [-0.05, 0) is 26.6 Å². The molecule has 1 aliphatic carbocycles. The first-order valence-electron chi connectivity index (χ1n) is 8.63. The van der Waals surface area contributed by atoms with Crippen molar-refractivity contribution in [2.24, 2.45) is 5.73 Å². The predicted octanol–water partition coefficient (Wildman–Crippen LogP) is 1.44. The minimum absolute atomic E-state index is 0.169. The molecule has 1 aromatic carbocycles. The standard InChI is InChI=1S/C20H22N2O5/c1-22(2)14(8-9-16(21)23)15-10-13-17(20(26-3)27-15)19(25)12-7-5-4-6-11(12)18(13)24/h4-7,10,14,20H,8-9H2,1-3H3,(H2,21,23). The van der Waals surface area contributed by atoms with Crippen molar-refractivity contribution in [1.29, 1.82) is 0 Å². The number of likely N-dealkylation sites (N-methyl/N-ethyl adjacent to an activating group) is 1. The number of primary amides is 1. The van der Waals surface area contributed by atoms with Crippen molar-refractivity contribution in [2.75, 3.05) is 21.2 Å². The van der Waals surface area contributed by atoms with Crippen LogP contribution in [0.1, 0.15) is 33.6 Å². The Kier molecular flexibility index (Phi) is 5.25. The van der Waals surface area contributed by atoms with Gasteiger partial charge in [0.15, 0.2) is 11.6 Å². The monoisotopic (exact) mass is 370 g/mol. The number of allylic oxidation sites excluding steroid dienone is 2. The second-order valence-electron chi connectivity index (χ2n) is 6.75. The number of ether oxygens (including phenoxy) is 2. The van der Waals surface area contributed by atoms with E-state index in [1.807, 2.05) is 19.0 Å². The largest absolute Gasteiger partial charge is 0.463 e. The molecule has 0 fully saturated rings. The Morgan fingerprint density at radius 1 is 1.22 bits per heavy atom. The number of amides is 1. The molecule has 0 aromatic heterocycles. The molecular formula is C20H22N2O5. The summed E-state index contributed by atoms with van der Waals surface area (Å²) in [5, 5.41) is 0. The number of benzene rings is 1. The summed E-state index contributed by atoms with van der Waals surface area (Å²) in [5.74, 6) is -0.469. The number of nitrogens with two attached hydrogens (primary N) is 1. The van der Waals surface area contributed by atoms with Crippen molar-refractivity contribution in [1.82, 2.24) is 4.90 Å². The lowest BCUT2D eigenvalue weighted by Crippen LogP contribution is -2.39. The van der Waals surface area contributed by atoms with Crippen LogP contribution in [0.3, 0.4) is 0 Å². The molecule has 2 atom stereocenters. The van der Waals surface area contributed by atoms with Gasteiger partial charge in [-0.15, -0.1) is 0 Å². The summed E-state index contributed by atoms with van der Waals surface area (Å²) in [5.41, 5.74) is 6.47. The number of carbonyl (C=O) groups is 3. The Morgan fingerprint density at radius 3 is 2.41 bits per heavy atom. The molecule has 2 unspecified atom stereocenters. The average Bonchev–Trinajstić information content (AvgIpc) is 2.65. The predicted molar refractivity (Wildman–Crippen MR) is 98.0 cm³/mol. The topological polar surface area (TPSA) is 98.9 Å². The van der Waals surface area contributed by atoms with Crippen LogP contribution in [0.5, 0.6) is 0 Å². The highest BCUT2D eigenvalue weighted by Gasteiger charge is 2.40. The number of carbonyl (C=O) groups excluding carboxylic acids is 3. The van der Waals surface area contributed by atoms with Gasteiger partial charge in [-0.2, -0.15) is 0 Å². The van der Waals surface area contributed by atoms with Gasteiger partial charge in [0.1, 0.15) is 5.76 Å². The van der Waals surface area contributed by atoms with Crippen molar-refractivity contribution in [3.63, 3.8) is 0 Å². The van der Waals surface area contributed by atoms with E-state index in [4.69, 9.17) is 15.2 Å². The molecule has 0 saturated carbocycles. The van der Waals surface area contributed by atoms with E-state index < -0.39 is 12.2 Å². The van der Waals surface area contributed by atoms with E-state index in [9.17, 15) is 14.4 Å². The number of methoxy groups -OCH3 is 1. The molecule has 1 amide bonds. The van der Waals surface area contributed by atoms with Crippen molar-refractivity contribution in [3.05, 3.63) is 58.4 Å². The van der Waals surface area contributed by atoms with Crippen molar-refractivity contribution >= 4 is 17.5 Å². The van der Waals surface area contributed by atoms with E-state index in [2.05, 4.69) is 0 Å². The number of rotatable bonds is 6. The number of hydrogen-bond acceptors (Lipinski definition) is 6. The molecule has 0 spiro atoms. The van der Waals surface area contributed by atoms with E-state index in [-0.39, 0.29) is 35.2 Å². The molecule has 1 heterocycles. The highest BCUT2D eigenvalue weighted by atomic mass is 16.7. The van der Waals surface area contributed by atoms with Crippen LogP contribution >= 0.6 is 0 Å². The fraction of sp³-hybridized carbons (Fsp3) is 0.350. The van der Waals surface area contributed by atoms with Crippen LogP contribution in [0, 0.1) is 0 Å². The average molecular weight is 370 g/mol. The Bertz CT molecular complexity index is 869. The summed E-state index contributed by atoms with van der Waals surface area (Å²) in [6.45, 7) is 0. The highest BCUT2D eigenvalue weighted by molar-refractivity contribution is 6.28. The van der Waals surface area contributed by atoms with Gasteiger partial charge >= 0.3 is 0 Å². The lowest BCUT2D eigenvalue weighted by Gasteiger charge is -2.34. The first-order chi connectivity index (χ1) is 12.8. The second-order valence-corrected chi connectivity index (χ2v) is 6.75. The van der Waals surface area contributed by atoms with Gasteiger partial charge < -0.3 is 15.2 Å². The molecule has 0 radical (unpaired) electrons. The molecule has 27 heavy (non-hydrogen) atoms. The highest BCUT2D eigenvalue weighted by Crippen LogP contribution is 2.36. The maximum Gasteiger partial charge on any atom is 0.230 e. The summed E-state index contributed by atoms with van der Waals surface area (Å²) < 4.78 is 11.3. The maximum atomic E-state index is 13.0. The molecule has 142 valence electrons. The number of ketones is 2. The third-order valence-electron chi connectivity index (χ3n) is 4.79. The molecule has 7 nitrogen and oxygen atoms in total.